The van der Waals surface area contributed by atoms with Gasteiger partial charge in [0.15, 0.2) is 0 Å². The van der Waals surface area contributed by atoms with E-state index in [-0.39, 0.29) is 16.9 Å². The number of ether oxygens (including phenoxy) is 3. The maximum Gasteiger partial charge on any atom is 0.119 e. The maximum absolute atomic E-state index is 5.83. The highest BCUT2D eigenvalue weighted by atomic mass is 16.6. The van der Waals surface area contributed by atoms with Gasteiger partial charge in [0.05, 0.1) is 19.3 Å². The highest BCUT2D eigenvalue weighted by Crippen LogP contribution is 2.37. The average Bonchev–Trinajstić information content (AvgIpc) is 3.79. The second kappa shape index (κ2) is 9.79. The Morgan fingerprint density at radius 2 is 1.26 bits per heavy atom. The summed E-state index contributed by atoms with van der Waals surface area (Å²) in [7, 11) is 0. The lowest BCUT2D eigenvalue weighted by molar-refractivity contribution is 0.263. The van der Waals surface area contributed by atoms with E-state index in [1.54, 1.807) is 0 Å². The van der Waals surface area contributed by atoms with Crippen molar-refractivity contribution in [1.29, 1.82) is 0 Å². The summed E-state index contributed by atoms with van der Waals surface area (Å²) in [6.07, 6.45) is 4.31. The first-order valence-corrected chi connectivity index (χ1v) is 13.0. The van der Waals surface area contributed by atoms with Crippen LogP contribution in [0.4, 0.5) is 0 Å². The van der Waals surface area contributed by atoms with Gasteiger partial charge in [-0.15, -0.1) is 0 Å². The second-order valence-electron chi connectivity index (χ2n) is 11.2. The average molecular weight is 471 g/mol. The lowest BCUT2D eigenvalue weighted by atomic mass is 9.73. The van der Waals surface area contributed by atoms with Crippen molar-refractivity contribution in [3.05, 3.63) is 101 Å². The van der Waals surface area contributed by atoms with Crippen molar-refractivity contribution in [1.82, 2.24) is 0 Å². The Bertz CT molecular complexity index is 1120. The highest BCUT2D eigenvalue weighted by molar-refractivity contribution is 5.45. The fraction of sp³-hybridized carbons (Fsp3) is 0.438. The minimum atomic E-state index is -0.112. The van der Waals surface area contributed by atoms with Crippen LogP contribution in [0, 0.1) is 0 Å². The Labute approximate surface area is 210 Å². The van der Waals surface area contributed by atoms with E-state index in [1.807, 2.05) is 0 Å². The molecular formula is C32H38O3. The van der Waals surface area contributed by atoms with Crippen LogP contribution in [0.25, 0.3) is 0 Å². The predicted molar refractivity (Wildman–Crippen MR) is 141 cm³/mol. The van der Waals surface area contributed by atoms with Crippen molar-refractivity contribution in [3.8, 4) is 5.75 Å². The Kier molecular flexibility index (Phi) is 6.74. The van der Waals surface area contributed by atoms with Crippen LogP contribution < -0.4 is 4.74 Å². The van der Waals surface area contributed by atoms with Crippen molar-refractivity contribution in [3.63, 3.8) is 0 Å². The first kappa shape index (κ1) is 24.1. The minimum absolute atomic E-state index is 0.0744. The summed E-state index contributed by atoms with van der Waals surface area (Å²) in [4.78, 5) is 0. The molecule has 2 aliphatic heterocycles. The molecule has 0 radical (unpaired) electrons. The van der Waals surface area contributed by atoms with Crippen LogP contribution in [0.2, 0.25) is 0 Å². The van der Waals surface area contributed by atoms with Gasteiger partial charge in [0, 0.05) is 10.8 Å². The molecule has 2 aliphatic rings. The van der Waals surface area contributed by atoms with Gasteiger partial charge in [-0.05, 0) is 59.2 Å². The molecule has 0 N–H and O–H groups in total. The fourth-order valence-electron chi connectivity index (χ4n) is 4.81. The third-order valence-corrected chi connectivity index (χ3v) is 7.79. The van der Waals surface area contributed by atoms with Gasteiger partial charge in [-0.1, -0.05) is 88.4 Å². The van der Waals surface area contributed by atoms with Gasteiger partial charge in [-0.2, -0.15) is 0 Å². The third-order valence-electron chi connectivity index (χ3n) is 7.79. The zero-order valence-electron chi connectivity index (χ0n) is 21.6. The molecule has 0 bridgehead atoms. The molecule has 184 valence electrons. The SMILES string of the molecule is CC(C)(c1ccc(CCCC2CO2)cc1)c1cccc(C(C)(C)c2ccc(OCC3CO3)cc2)c1. The smallest absolute Gasteiger partial charge is 0.119 e. The molecule has 3 heteroatoms. The van der Waals surface area contributed by atoms with E-state index < -0.39 is 0 Å². The first-order valence-electron chi connectivity index (χ1n) is 13.0. The molecule has 5 rings (SSSR count). The van der Waals surface area contributed by atoms with Gasteiger partial charge >= 0.3 is 0 Å². The molecule has 3 nitrogen and oxygen atoms in total. The molecule has 3 aromatic rings. The molecule has 2 fully saturated rings. The molecule has 2 atom stereocenters. The van der Waals surface area contributed by atoms with E-state index in [0.29, 0.717) is 12.7 Å². The molecule has 0 amide bonds. The number of hydrogen-bond acceptors (Lipinski definition) is 3. The number of epoxide rings is 2. The number of rotatable bonds is 11. The number of aryl methyl sites for hydroxylation is 1. The van der Waals surface area contributed by atoms with Crippen LogP contribution in [-0.2, 0) is 26.7 Å². The van der Waals surface area contributed by atoms with Crippen molar-refractivity contribution in [2.75, 3.05) is 19.8 Å². The second-order valence-corrected chi connectivity index (χ2v) is 11.2. The third kappa shape index (κ3) is 5.79. The Morgan fingerprint density at radius 3 is 1.80 bits per heavy atom. The number of hydrogen-bond donors (Lipinski definition) is 0. The van der Waals surface area contributed by atoms with Crippen LogP contribution in [-0.4, -0.2) is 32.0 Å². The Balaban J connectivity index is 1.30. The van der Waals surface area contributed by atoms with Crippen molar-refractivity contribution in [2.45, 2.75) is 70.0 Å². The van der Waals surface area contributed by atoms with Crippen LogP contribution in [0.15, 0.2) is 72.8 Å². The molecule has 0 saturated carbocycles. The summed E-state index contributed by atoms with van der Waals surface area (Å²) < 4.78 is 16.4. The van der Waals surface area contributed by atoms with Gasteiger partial charge in [-0.3, -0.25) is 0 Å². The topological polar surface area (TPSA) is 34.3 Å². The van der Waals surface area contributed by atoms with E-state index in [1.165, 1.54) is 40.7 Å². The van der Waals surface area contributed by atoms with Crippen LogP contribution in [0.5, 0.6) is 5.75 Å². The normalized spacial score (nSPS) is 19.4. The van der Waals surface area contributed by atoms with E-state index in [2.05, 4.69) is 100 Å². The van der Waals surface area contributed by atoms with Crippen LogP contribution >= 0.6 is 0 Å². The standard InChI is InChI=1S/C32H38O3/c1-31(2,24-13-11-23(12-14-24)7-5-10-29-20-34-29)26-8-6-9-27(19-26)32(3,4)25-15-17-28(18-16-25)33-21-30-22-35-30/h6,8-9,11-19,29-30H,5,7,10,20-22H2,1-4H3. The highest BCUT2D eigenvalue weighted by Gasteiger charge is 2.28. The zero-order chi connectivity index (χ0) is 24.5. The summed E-state index contributed by atoms with van der Waals surface area (Å²) in [5.74, 6) is 0.902. The molecular weight excluding hydrogens is 432 g/mol. The molecule has 35 heavy (non-hydrogen) atoms. The minimum Gasteiger partial charge on any atom is -0.491 e. The largest absolute Gasteiger partial charge is 0.491 e. The van der Waals surface area contributed by atoms with Gasteiger partial charge in [0.2, 0.25) is 0 Å². The van der Waals surface area contributed by atoms with Crippen LogP contribution in [0.1, 0.15) is 68.4 Å². The summed E-state index contributed by atoms with van der Waals surface area (Å²) in [5.41, 5.74) is 6.52. The summed E-state index contributed by atoms with van der Waals surface area (Å²) in [6, 6.07) is 26.9. The zero-order valence-corrected chi connectivity index (χ0v) is 21.6. The van der Waals surface area contributed by atoms with Gasteiger partial charge in [0.1, 0.15) is 18.5 Å². The number of benzene rings is 3. The lowest BCUT2D eigenvalue weighted by Crippen LogP contribution is -2.23. The predicted octanol–water partition coefficient (Wildman–Crippen LogP) is 6.84. The molecule has 2 saturated heterocycles. The van der Waals surface area contributed by atoms with Gasteiger partial charge in [0.25, 0.3) is 0 Å². The van der Waals surface area contributed by atoms with Gasteiger partial charge < -0.3 is 14.2 Å². The van der Waals surface area contributed by atoms with Crippen molar-refractivity contribution in [2.24, 2.45) is 0 Å². The summed E-state index contributed by atoms with van der Waals surface area (Å²) >= 11 is 0. The summed E-state index contributed by atoms with van der Waals surface area (Å²) in [5, 5.41) is 0. The molecule has 0 aromatic heterocycles. The van der Waals surface area contributed by atoms with Crippen LogP contribution in [0.3, 0.4) is 0 Å². The Morgan fingerprint density at radius 1 is 0.714 bits per heavy atom. The molecule has 0 aliphatic carbocycles. The van der Waals surface area contributed by atoms with Crippen molar-refractivity contribution >= 4 is 0 Å². The maximum atomic E-state index is 5.83. The van der Waals surface area contributed by atoms with Crippen molar-refractivity contribution < 1.29 is 14.2 Å². The van der Waals surface area contributed by atoms with Gasteiger partial charge in [-0.25, -0.2) is 0 Å². The van der Waals surface area contributed by atoms with E-state index >= 15 is 0 Å². The Hall–Kier alpha value is -2.62. The quantitative estimate of drug-likeness (QED) is 0.288. The van der Waals surface area contributed by atoms with E-state index in [0.717, 1.165) is 25.4 Å². The fourth-order valence-corrected chi connectivity index (χ4v) is 4.81. The lowest BCUT2D eigenvalue weighted by Gasteiger charge is -2.31. The molecule has 2 heterocycles. The van der Waals surface area contributed by atoms with E-state index in [4.69, 9.17) is 14.2 Å². The molecule has 3 aromatic carbocycles. The molecule has 0 spiro atoms. The molecule has 2 unspecified atom stereocenters. The summed E-state index contributed by atoms with van der Waals surface area (Å²) in [6.45, 7) is 11.7. The first-order chi connectivity index (χ1) is 16.8. The van der Waals surface area contributed by atoms with E-state index in [9.17, 15) is 0 Å². The monoisotopic (exact) mass is 470 g/mol.